The predicted molar refractivity (Wildman–Crippen MR) is 41.1 cm³/mol. The number of nitrogens with one attached hydrogen (secondary N) is 1. The van der Waals surface area contributed by atoms with E-state index in [1.165, 1.54) is 0 Å². The van der Waals surface area contributed by atoms with Crippen molar-refractivity contribution in [3.8, 4) is 0 Å². The van der Waals surface area contributed by atoms with Gasteiger partial charge < -0.3 is 15.4 Å². The molecule has 68 valence electrons. The second-order valence-corrected chi connectivity index (χ2v) is 2.59. The molecule has 0 aromatic heterocycles. The summed E-state index contributed by atoms with van der Waals surface area (Å²) in [5, 5.41) is 25.1. The first-order valence-corrected chi connectivity index (χ1v) is 4.00. The van der Waals surface area contributed by atoms with Gasteiger partial charge in [-0.3, -0.25) is 0 Å². The third kappa shape index (κ3) is 9.84. The number of aliphatic hydroxyl groups excluding tert-OH is 1. The van der Waals surface area contributed by atoms with Crippen molar-refractivity contribution in [1.82, 2.24) is 5.48 Å². The molecule has 0 amide bonds. The summed E-state index contributed by atoms with van der Waals surface area (Å²) in [6.45, 7) is 0.613. The molecule has 11 heavy (non-hydrogen) atoms. The van der Waals surface area contributed by atoms with Crippen LogP contribution in [0.1, 0.15) is 32.1 Å². The van der Waals surface area contributed by atoms with E-state index in [2.05, 4.69) is 5.48 Å². The van der Waals surface area contributed by atoms with Gasteiger partial charge in [0.05, 0.1) is 0 Å². The average Bonchev–Trinajstić information content (AvgIpc) is 1.96. The molecule has 0 saturated heterocycles. The zero-order valence-electron chi connectivity index (χ0n) is 6.66. The van der Waals surface area contributed by atoms with Crippen molar-refractivity contribution in [3.63, 3.8) is 0 Å². The Balaban J connectivity index is 2.80. The average molecular weight is 163 g/mol. The van der Waals surface area contributed by atoms with Gasteiger partial charge in [-0.15, -0.1) is 0 Å². The van der Waals surface area contributed by atoms with E-state index < -0.39 is 6.29 Å². The molecular formula is C7H17NO3. The lowest BCUT2D eigenvalue weighted by Gasteiger charge is -2.02. The lowest BCUT2D eigenvalue weighted by Crippen LogP contribution is -2.08. The Bertz CT molecular complexity index is 78.1. The molecule has 4 heteroatoms. The van der Waals surface area contributed by atoms with Gasteiger partial charge in [0.2, 0.25) is 0 Å². The highest BCUT2D eigenvalue weighted by molar-refractivity contribution is 4.45. The van der Waals surface area contributed by atoms with Crippen molar-refractivity contribution >= 4 is 0 Å². The van der Waals surface area contributed by atoms with Gasteiger partial charge in [0.1, 0.15) is 0 Å². The van der Waals surface area contributed by atoms with E-state index in [0.29, 0.717) is 13.0 Å². The summed E-state index contributed by atoms with van der Waals surface area (Å²) in [5.41, 5.74) is 2.07. The maximum atomic E-state index is 8.46. The molecule has 0 fully saturated rings. The quantitative estimate of drug-likeness (QED) is 0.246. The van der Waals surface area contributed by atoms with Crippen LogP contribution >= 0.6 is 0 Å². The smallest absolute Gasteiger partial charge is 0.151 e. The Labute approximate surface area is 66.8 Å². The fourth-order valence-corrected chi connectivity index (χ4v) is 0.885. The van der Waals surface area contributed by atoms with Crippen LogP contribution in [0.15, 0.2) is 0 Å². The fraction of sp³-hybridized carbons (Fsp3) is 1.00. The lowest BCUT2D eigenvalue weighted by molar-refractivity contribution is -0.0466. The van der Waals surface area contributed by atoms with Crippen LogP contribution in [-0.2, 0) is 0 Å². The molecule has 0 aromatic rings. The number of hydroxylamine groups is 1. The summed E-state index contributed by atoms with van der Waals surface area (Å²) in [4.78, 5) is 0. The van der Waals surface area contributed by atoms with Gasteiger partial charge >= 0.3 is 0 Å². The van der Waals surface area contributed by atoms with Crippen LogP contribution in [0.5, 0.6) is 0 Å². The number of hydrogen-bond acceptors (Lipinski definition) is 4. The van der Waals surface area contributed by atoms with E-state index in [9.17, 15) is 0 Å². The summed E-state index contributed by atoms with van der Waals surface area (Å²) in [7, 11) is 0. The van der Waals surface area contributed by atoms with E-state index in [1.54, 1.807) is 0 Å². The van der Waals surface area contributed by atoms with E-state index >= 15 is 0 Å². The highest BCUT2D eigenvalue weighted by Gasteiger charge is 1.95. The minimum atomic E-state index is -1.16. The number of hydrogen-bond donors (Lipinski definition) is 4. The second-order valence-electron chi connectivity index (χ2n) is 2.59. The van der Waals surface area contributed by atoms with Crippen LogP contribution < -0.4 is 5.48 Å². The van der Waals surface area contributed by atoms with Crippen LogP contribution in [0.25, 0.3) is 0 Å². The number of rotatable bonds is 7. The van der Waals surface area contributed by atoms with Crippen molar-refractivity contribution in [2.45, 2.75) is 38.4 Å². The Morgan fingerprint density at radius 3 is 2.18 bits per heavy atom. The monoisotopic (exact) mass is 163 g/mol. The number of unbranched alkanes of at least 4 members (excludes halogenated alkanes) is 3. The molecule has 4 N–H and O–H groups in total. The third-order valence-corrected chi connectivity index (χ3v) is 1.50. The first-order chi connectivity index (χ1) is 5.27. The first kappa shape index (κ1) is 10.8. The van der Waals surface area contributed by atoms with Crippen molar-refractivity contribution in [3.05, 3.63) is 0 Å². The molecule has 0 heterocycles. The molecule has 0 aromatic carbocycles. The van der Waals surface area contributed by atoms with Gasteiger partial charge in [-0.1, -0.05) is 12.8 Å². The number of aliphatic hydroxyl groups is 2. The molecule has 0 radical (unpaired) electrons. The third-order valence-electron chi connectivity index (χ3n) is 1.50. The molecule has 0 saturated carbocycles. The predicted octanol–water partition coefficient (Wildman–Crippen LogP) is 0.226. The zero-order valence-corrected chi connectivity index (χ0v) is 6.66. The molecule has 0 aliphatic rings. The highest BCUT2D eigenvalue weighted by atomic mass is 16.5. The van der Waals surface area contributed by atoms with Crippen LogP contribution in [0.4, 0.5) is 0 Å². The van der Waals surface area contributed by atoms with Crippen LogP contribution in [0.3, 0.4) is 0 Å². The minimum Gasteiger partial charge on any atom is -0.368 e. The van der Waals surface area contributed by atoms with E-state index in [4.69, 9.17) is 15.4 Å². The fourth-order valence-electron chi connectivity index (χ4n) is 0.885. The Kier molecular flexibility index (Phi) is 7.83. The van der Waals surface area contributed by atoms with E-state index in [1.807, 2.05) is 0 Å². The Morgan fingerprint density at radius 1 is 1.00 bits per heavy atom. The van der Waals surface area contributed by atoms with Crippen molar-refractivity contribution in [2.24, 2.45) is 0 Å². The van der Waals surface area contributed by atoms with Crippen LogP contribution in [0.2, 0.25) is 0 Å². The van der Waals surface area contributed by atoms with Crippen molar-refractivity contribution in [1.29, 1.82) is 0 Å². The molecule has 0 aliphatic heterocycles. The summed E-state index contributed by atoms with van der Waals surface area (Å²) in [5.74, 6) is 0. The molecule has 0 rings (SSSR count). The summed E-state index contributed by atoms with van der Waals surface area (Å²) in [6.07, 6.45) is 3.05. The summed E-state index contributed by atoms with van der Waals surface area (Å²) >= 11 is 0. The van der Waals surface area contributed by atoms with E-state index in [0.717, 1.165) is 25.7 Å². The standard InChI is InChI=1S/C7H17NO3/c9-7(10)5-3-1-2-4-6-8-11/h7-11H,1-6H2. The van der Waals surface area contributed by atoms with Crippen LogP contribution in [0, 0.1) is 0 Å². The molecule has 0 spiro atoms. The first-order valence-electron chi connectivity index (χ1n) is 4.00. The minimum absolute atomic E-state index is 0.451. The normalized spacial score (nSPS) is 10.9. The second kappa shape index (κ2) is 7.94. The maximum absolute atomic E-state index is 8.46. The van der Waals surface area contributed by atoms with Gasteiger partial charge in [-0.2, -0.15) is 0 Å². The zero-order chi connectivity index (χ0) is 8.53. The summed E-state index contributed by atoms with van der Waals surface area (Å²) < 4.78 is 0. The van der Waals surface area contributed by atoms with Crippen molar-refractivity contribution < 1.29 is 15.4 Å². The highest BCUT2D eigenvalue weighted by Crippen LogP contribution is 2.03. The van der Waals surface area contributed by atoms with Gasteiger partial charge in [-0.25, -0.2) is 5.48 Å². The summed E-state index contributed by atoms with van der Waals surface area (Å²) in [6, 6.07) is 0. The maximum Gasteiger partial charge on any atom is 0.151 e. The lowest BCUT2D eigenvalue weighted by atomic mass is 10.1. The SMILES string of the molecule is ONCCCCCCC(O)O. The topological polar surface area (TPSA) is 72.7 Å². The molecule has 0 unspecified atom stereocenters. The molecular weight excluding hydrogens is 146 g/mol. The van der Waals surface area contributed by atoms with Gasteiger partial charge in [-0.05, 0) is 19.3 Å². The van der Waals surface area contributed by atoms with Gasteiger partial charge in [0.15, 0.2) is 6.29 Å². The van der Waals surface area contributed by atoms with Crippen LogP contribution in [-0.4, -0.2) is 28.3 Å². The Morgan fingerprint density at radius 2 is 1.64 bits per heavy atom. The molecule has 0 aliphatic carbocycles. The van der Waals surface area contributed by atoms with Gasteiger partial charge in [0, 0.05) is 6.54 Å². The van der Waals surface area contributed by atoms with E-state index in [-0.39, 0.29) is 0 Å². The largest absolute Gasteiger partial charge is 0.368 e. The molecule has 4 nitrogen and oxygen atoms in total. The van der Waals surface area contributed by atoms with Crippen molar-refractivity contribution in [2.75, 3.05) is 6.54 Å². The van der Waals surface area contributed by atoms with Gasteiger partial charge in [0.25, 0.3) is 0 Å². The Hall–Kier alpha value is -0.160. The molecule has 0 bridgehead atoms. The molecule has 0 atom stereocenters.